The van der Waals surface area contributed by atoms with Gasteiger partial charge in [0, 0.05) is 42.1 Å². The summed E-state index contributed by atoms with van der Waals surface area (Å²) >= 11 is 0. The van der Waals surface area contributed by atoms with E-state index in [0.717, 1.165) is 42.9 Å². The molecule has 2 aliphatic rings. The Morgan fingerprint density at radius 2 is 1.68 bits per heavy atom. The number of alkyl halides is 6. The Bertz CT molecular complexity index is 1150. The molecule has 2 aromatic rings. The number of hydrogen-bond acceptors (Lipinski definition) is 4. The van der Waals surface area contributed by atoms with Gasteiger partial charge in [-0.2, -0.15) is 26.3 Å². The molecule has 1 amide bonds. The van der Waals surface area contributed by atoms with Gasteiger partial charge in [-0.1, -0.05) is 6.07 Å². The Morgan fingerprint density at radius 1 is 1.00 bits per heavy atom. The predicted molar refractivity (Wildman–Crippen MR) is 130 cm³/mol. The average molecular weight is 546 g/mol. The SMILES string of the molecule is Cc1cc(NC(=O)c2cccc(C(F)(F)F)c2)ccc1N1CCC(N2CCCC2C)C1.O=C(O)C(F)(F)F. The summed E-state index contributed by atoms with van der Waals surface area (Å²) in [6, 6.07) is 11.4. The molecule has 6 nitrogen and oxygen atoms in total. The summed E-state index contributed by atoms with van der Waals surface area (Å²) in [6.45, 7) is 7.49. The molecular weight excluding hydrogens is 516 g/mol. The summed E-state index contributed by atoms with van der Waals surface area (Å²) < 4.78 is 70.5. The molecule has 38 heavy (non-hydrogen) atoms. The van der Waals surface area contributed by atoms with Crippen molar-refractivity contribution in [1.82, 2.24) is 4.90 Å². The summed E-state index contributed by atoms with van der Waals surface area (Å²) in [4.78, 5) is 26.4. The highest BCUT2D eigenvalue weighted by atomic mass is 19.4. The lowest BCUT2D eigenvalue weighted by Gasteiger charge is -2.29. The normalized spacial score (nSPS) is 20.2. The van der Waals surface area contributed by atoms with Crippen LogP contribution in [-0.2, 0) is 11.0 Å². The fourth-order valence-corrected chi connectivity index (χ4v) is 4.86. The van der Waals surface area contributed by atoms with Crippen molar-refractivity contribution in [3.8, 4) is 0 Å². The summed E-state index contributed by atoms with van der Waals surface area (Å²) in [5.74, 6) is -3.31. The van der Waals surface area contributed by atoms with Gasteiger partial charge in [-0.15, -0.1) is 0 Å². The molecule has 0 bridgehead atoms. The fourth-order valence-electron chi connectivity index (χ4n) is 4.86. The number of carboxylic acid groups (broad SMARTS) is 1. The largest absolute Gasteiger partial charge is 0.490 e. The highest BCUT2D eigenvalue weighted by molar-refractivity contribution is 6.04. The quantitative estimate of drug-likeness (QED) is 0.464. The zero-order chi connectivity index (χ0) is 28.3. The number of nitrogens with zero attached hydrogens (tertiary/aromatic N) is 2. The fraction of sp³-hybridized carbons (Fsp3) is 0.462. The van der Waals surface area contributed by atoms with Gasteiger partial charge in [-0.3, -0.25) is 9.69 Å². The molecule has 2 fully saturated rings. The number of carbonyl (C=O) groups excluding carboxylic acids is 1. The average Bonchev–Trinajstić information content (AvgIpc) is 3.47. The Hall–Kier alpha value is -3.28. The molecule has 2 saturated heterocycles. The predicted octanol–water partition coefficient (Wildman–Crippen LogP) is 5.96. The first-order chi connectivity index (χ1) is 17.7. The van der Waals surface area contributed by atoms with Crippen molar-refractivity contribution in [2.45, 2.75) is 57.5 Å². The molecule has 0 radical (unpaired) electrons. The second-order valence-electron chi connectivity index (χ2n) is 9.45. The van der Waals surface area contributed by atoms with Gasteiger partial charge in [0.15, 0.2) is 0 Å². The van der Waals surface area contributed by atoms with Crippen molar-refractivity contribution in [3.05, 3.63) is 59.2 Å². The number of aryl methyl sites for hydroxylation is 1. The molecule has 2 aliphatic heterocycles. The number of benzene rings is 2. The van der Waals surface area contributed by atoms with Crippen LogP contribution < -0.4 is 10.2 Å². The Balaban J connectivity index is 0.000000505. The maximum atomic E-state index is 12.9. The van der Waals surface area contributed by atoms with E-state index >= 15 is 0 Å². The molecule has 4 rings (SSSR count). The van der Waals surface area contributed by atoms with E-state index in [4.69, 9.17) is 9.90 Å². The molecule has 0 spiro atoms. The van der Waals surface area contributed by atoms with Crippen molar-refractivity contribution in [2.24, 2.45) is 0 Å². The number of carbonyl (C=O) groups is 2. The molecule has 0 saturated carbocycles. The molecule has 208 valence electrons. The number of carboxylic acids is 1. The Labute approximate surface area is 216 Å². The van der Waals surface area contributed by atoms with Gasteiger partial charge in [0.05, 0.1) is 5.56 Å². The summed E-state index contributed by atoms with van der Waals surface area (Å²) in [5.41, 5.74) is 1.91. The van der Waals surface area contributed by atoms with Crippen LogP contribution in [0.15, 0.2) is 42.5 Å². The molecule has 0 aliphatic carbocycles. The maximum Gasteiger partial charge on any atom is 0.490 e. The molecule has 2 unspecified atom stereocenters. The van der Waals surface area contributed by atoms with Crippen LogP contribution in [0.3, 0.4) is 0 Å². The van der Waals surface area contributed by atoms with Crippen molar-refractivity contribution in [1.29, 1.82) is 0 Å². The van der Waals surface area contributed by atoms with Crippen molar-refractivity contribution >= 4 is 23.3 Å². The van der Waals surface area contributed by atoms with Crippen molar-refractivity contribution < 1.29 is 41.0 Å². The molecule has 2 heterocycles. The number of nitrogens with one attached hydrogen (secondary N) is 1. The first kappa shape index (κ1) is 29.3. The number of aliphatic carboxylic acids is 1. The minimum atomic E-state index is -5.08. The lowest BCUT2D eigenvalue weighted by atomic mass is 10.1. The van der Waals surface area contributed by atoms with Crippen LogP contribution in [0.25, 0.3) is 0 Å². The van der Waals surface area contributed by atoms with Crippen LogP contribution >= 0.6 is 0 Å². The van der Waals surface area contributed by atoms with Gasteiger partial charge in [0.2, 0.25) is 0 Å². The van der Waals surface area contributed by atoms with Crippen LogP contribution in [-0.4, -0.2) is 59.8 Å². The van der Waals surface area contributed by atoms with E-state index in [0.29, 0.717) is 17.8 Å². The summed E-state index contributed by atoms with van der Waals surface area (Å²) in [5, 5.41) is 9.85. The third-order valence-corrected chi connectivity index (χ3v) is 6.73. The number of rotatable bonds is 4. The summed E-state index contributed by atoms with van der Waals surface area (Å²) in [7, 11) is 0. The topological polar surface area (TPSA) is 72.9 Å². The first-order valence-electron chi connectivity index (χ1n) is 12.1. The van der Waals surface area contributed by atoms with Crippen molar-refractivity contribution in [2.75, 3.05) is 29.9 Å². The lowest BCUT2D eigenvalue weighted by Crippen LogP contribution is -2.39. The van der Waals surface area contributed by atoms with Gasteiger partial charge in [-0.05, 0) is 81.6 Å². The first-order valence-corrected chi connectivity index (χ1v) is 12.1. The number of anilines is 2. The lowest BCUT2D eigenvalue weighted by molar-refractivity contribution is -0.192. The minimum absolute atomic E-state index is 0.0151. The van der Waals surface area contributed by atoms with E-state index in [-0.39, 0.29) is 5.56 Å². The van der Waals surface area contributed by atoms with E-state index in [1.165, 1.54) is 31.5 Å². The number of halogens is 6. The van der Waals surface area contributed by atoms with Crippen molar-refractivity contribution in [3.63, 3.8) is 0 Å². The van der Waals surface area contributed by atoms with Crippen LogP contribution in [0.1, 0.15) is 47.7 Å². The van der Waals surface area contributed by atoms with Gasteiger partial charge in [0.1, 0.15) is 0 Å². The van der Waals surface area contributed by atoms with E-state index in [1.807, 2.05) is 25.1 Å². The van der Waals surface area contributed by atoms with E-state index in [2.05, 4.69) is 22.0 Å². The van der Waals surface area contributed by atoms with Gasteiger partial charge >= 0.3 is 18.3 Å². The summed E-state index contributed by atoms with van der Waals surface area (Å²) in [6.07, 6.45) is -5.86. The van der Waals surface area contributed by atoms with Crippen LogP contribution in [0.2, 0.25) is 0 Å². The third-order valence-electron chi connectivity index (χ3n) is 6.73. The monoisotopic (exact) mass is 545 g/mol. The second kappa shape index (κ2) is 11.6. The third kappa shape index (κ3) is 7.40. The van der Waals surface area contributed by atoms with Gasteiger partial charge in [0.25, 0.3) is 5.91 Å². The smallest absolute Gasteiger partial charge is 0.475 e. The second-order valence-corrected chi connectivity index (χ2v) is 9.45. The zero-order valence-corrected chi connectivity index (χ0v) is 20.9. The van der Waals surface area contributed by atoms with E-state index < -0.39 is 29.8 Å². The van der Waals surface area contributed by atoms with E-state index in [1.54, 1.807) is 0 Å². The molecule has 2 aromatic carbocycles. The molecule has 2 atom stereocenters. The Morgan fingerprint density at radius 3 is 2.24 bits per heavy atom. The molecular formula is C26H29F6N3O3. The molecule has 2 N–H and O–H groups in total. The van der Waals surface area contributed by atoms with Crippen LogP contribution in [0.5, 0.6) is 0 Å². The minimum Gasteiger partial charge on any atom is -0.475 e. The number of likely N-dealkylation sites (tertiary alicyclic amines) is 1. The highest BCUT2D eigenvalue weighted by Gasteiger charge is 2.38. The van der Waals surface area contributed by atoms with Crippen LogP contribution in [0, 0.1) is 6.92 Å². The highest BCUT2D eigenvalue weighted by Crippen LogP contribution is 2.32. The molecule has 12 heteroatoms. The Kier molecular flexibility index (Phi) is 8.96. The van der Waals surface area contributed by atoms with Gasteiger partial charge in [-0.25, -0.2) is 4.79 Å². The number of amides is 1. The van der Waals surface area contributed by atoms with E-state index in [9.17, 15) is 31.1 Å². The van der Waals surface area contributed by atoms with Crippen LogP contribution in [0.4, 0.5) is 37.7 Å². The standard InChI is InChI=1S/C24H28F3N3O.C2HF3O2/c1-16-13-20(28-23(31)18-6-3-7-19(14-18)24(25,26)27)8-9-22(16)29-12-10-21(15-29)30-11-4-5-17(30)2;3-2(4,5)1(6)7/h3,6-9,13-14,17,21H,4-5,10-12,15H2,1-2H3,(H,28,31);(H,6,7). The van der Waals surface area contributed by atoms with Gasteiger partial charge < -0.3 is 15.3 Å². The number of hydrogen-bond donors (Lipinski definition) is 2. The molecule has 0 aromatic heterocycles. The maximum absolute atomic E-state index is 12.9. The zero-order valence-electron chi connectivity index (χ0n) is 20.9.